The number of carbonyl (C=O) groups excluding carboxylic acids is 1. The molecule has 0 spiro atoms. The maximum Gasteiger partial charge on any atom is 0.346 e. The number of hydrogen-bond donors (Lipinski definition) is 1. The Labute approximate surface area is 114 Å². The molecular weight excluding hydrogens is 260 g/mol. The SMILES string of the molecule is O=C(O)c1ccc2c(c1)nnn2C(=O)N1CC=CCC1. The predicted octanol–water partition coefficient (Wildman–Crippen LogP) is 1.36. The van der Waals surface area contributed by atoms with Crippen molar-refractivity contribution in [3.05, 3.63) is 35.9 Å². The number of aromatic carboxylic acids is 1. The second-order valence-electron chi connectivity index (χ2n) is 4.50. The van der Waals surface area contributed by atoms with Crippen molar-refractivity contribution in [2.24, 2.45) is 0 Å². The molecule has 0 aliphatic carbocycles. The molecule has 7 heteroatoms. The fraction of sp³-hybridized carbons (Fsp3) is 0.231. The average molecular weight is 272 g/mol. The lowest BCUT2D eigenvalue weighted by atomic mass is 10.2. The monoisotopic (exact) mass is 272 g/mol. The molecule has 20 heavy (non-hydrogen) atoms. The molecule has 102 valence electrons. The molecule has 1 aliphatic rings. The van der Waals surface area contributed by atoms with Gasteiger partial charge in [-0.1, -0.05) is 17.4 Å². The van der Waals surface area contributed by atoms with Crippen LogP contribution in [0.5, 0.6) is 0 Å². The van der Waals surface area contributed by atoms with Crippen LogP contribution in [0.2, 0.25) is 0 Å². The number of hydrogen-bond acceptors (Lipinski definition) is 4. The summed E-state index contributed by atoms with van der Waals surface area (Å²) < 4.78 is 1.21. The summed E-state index contributed by atoms with van der Waals surface area (Å²) in [6, 6.07) is 4.15. The van der Waals surface area contributed by atoms with Crippen LogP contribution in [-0.2, 0) is 0 Å². The van der Waals surface area contributed by atoms with Gasteiger partial charge in [-0.25, -0.2) is 9.59 Å². The Kier molecular flexibility index (Phi) is 2.94. The van der Waals surface area contributed by atoms with Gasteiger partial charge in [0, 0.05) is 13.1 Å². The first kappa shape index (κ1) is 12.3. The van der Waals surface area contributed by atoms with Crippen LogP contribution in [0.4, 0.5) is 4.79 Å². The minimum absolute atomic E-state index is 0.123. The molecule has 0 saturated heterocycles. The van der Waals surface area contributed by atoms with Gasteiger partial charge in [0.15, 0.2) is 0 Å². The summed E-state index contributed by atoms with van der Waals surface area (Å²) in [5.41, 5.74) is 1.03. The lowest BCUT2D eigenvalue weighted by Gasteiger charge is -2.22. The Morgan fingerprint density at radius 3 is 2.80 bits per heavy atom. The summed E-state index contributed by atoms with van der Waals surface area (Å²) in [7, 11) is 0. The van der Waals surface area contributed by atoms with Crippen molar-refractivity contribution in [3.63, 3.8) is 0 Å². The summed E-state index contributed by atoms with van der Waals surface area (Å²) in [6.45, 7) is 1.19. The van der Waals surface area contributed by atoms with E-state index >= 15 is 0 Å². The molecular formula is C13H12N4O3. The minimum Gasteiger partial charge on any atom is -0.478 e. The molecule has 1 amide bonds. The van der Waals surface area contributed by atoms with Gasteiger partial charge in [-0.15, -0.1) is 5.10 Å². The zero-order valence-electron chi connectivity index (χ0n) is 10.6. The number of benzene rings is 1. The third-order valence-electron chi connectivity index (χ3n) is 3.20. The molecule has 0 saturated carbocycles. The maximum atomic E-state index is 12.3. The zero-order valence-corrected chi connectivity index (χ0v) is 10.6. The first-order chi connectivity index (χ1) is 9.66. The highest BCUT2D eigenvalue weighted by atomic mass is 16.4. The topological polar surface area (TPSA) is 88.3 Å². The van der Waals surface area contributed by atoms with Crippen LogP contribution in [0.25, 0.3) is 11.0 Å². The van der Waals surface area contributed by atoms with E-state index in [4.69, 9.17) is 5.11 Å². The molecule has 1 aliphatic heterocycles. The van der Waals surface area contributed by atoms with Crippen molar-refractivity contribution in [1.82, 2.24) is 19.9 Å². The summed E-state index contributed by atoms with van der Waals surface area (Å²) in [6.07, 6.45) is 4.78. The van der Waals surface area contributed by atoms with E-state index in [2.05, 4.69) is 10.3 Å². The number of carbonyl (C=O) groups is 2. The second-order valence-corrected chi connectivity index (χ2v) is 4.50. The van der Waals surface area contributed by atoms with Gasteiger partial charge in [-0.2, -0.15) is 4.68 Å². The van der Waals surface area contributed by atoms with Crippen LogP contribution in [0.3, 0.4) is 0 Å². The minimum atomic E-state index is -1.03. The van der Waals surface area contributed by atoms with Crippen LogP contribution in [0.1, 0.15) is 16.8 Å². The van der Waals surface area contributed by atoms with E-state index in [1.165, 1.54) is 16.8 Å². The highest BCUT2D eigenvalue weighted by Gasteiger charge is 2.20. The van der Waals surface area contributed by atoms with E-state index in [0.717, 1.165) is 6.42 Å². The summed E-state index contributed by atoms with van der Waals surface area (Å²) in [5, 5.41) is 16.6. The highest BCUT2D eigenvalue weighted by molar-refractivity contribution is 5.94. The van der Waals surface area contributed by atoms with E-state index in [9.17, 15) is 9.59 Å². The van der Waals surface area contributed by atoms with Crippen molar-refractivity contribution in [2.45, 2.75) is 6.42 Å². The van der Waals surface area contributed by atoms with Crippen LogP contribution >= 0.6 is 0 Å². The molecule has 2 aromatic rings. The van der Waals surface area contributed by atoms with Gasteiger partial charge < -0.3 is 10.0 Å². The van der Waals surface area contributed by atoms with E-state index in [1.807, 2.05) is 12.2 Å². The Morgan fingerprint density at radius 1 is 1.25 bits per heavy atom. The Morgan fingerprint density at radius 2 is 2.10 bits per heavy atom. The molecule has 2 heterocycles. The molecule has 0 atom stereocenters. The molecule has 0 fully saturated rings. The number of carboxylic acid groups (broad SMARTS) is 1. The molecule has 1 N–H and O–H groups in total. The predicted molar refractivity (Wildman–Crippen MR) is 70.6 cm³/mol. The zero-order chi connectivity index (χ0) is 14.1. The highest BCUT2D eigenvalue weighted by Crippen LogP contribution is 2.15. The number of fused-ring (bicyclic) bond motifs is 1. The first-order valence-corrected chi connectivity index (χ1v) is 6.20. The molecule has 3 rings (SSSR count). The van der Waals surface area contributed by atoms with E-state index in [-0.39, 0.29) is 11.6 Å². The van der Waals surface area contributed by atoms with Gasteiger partial charge in [0.05, 0.1) is 11.1 Å². The smallest absolute Gasteiger partial charge is 0.346 e. The van der Waals surface area contributed by atoms with Crippen LogP contribution in [0, 0.1) is 0 Å². The number of aromatic nitrogens is 3. The van der Waals surface area contributed by atoms with Gasteiger partial charge in [0.2, 0.25) is 0 Å². The molecule has 0 unspecified atom stereocenters. The number of carboxylic acids is 1. The lowest BCUT2D eigenvalue weighted by Crippen LogP contribution is -2.37. The van der Waals surface area contributed by atoms with Crippen molar-refractivity contribution in [1.29, 1.82) is 0 Å². The van der Waals surface area contributed by atoms with Crippen molar-refractivity contribution in [2.75, 3.05) is 13.1 Å². The first-order valence-electron chi connectivity index (χ1n) is 6.20. The summed E-state index contributed by atoms with van der Waals surface area (Å²) >= 11 is 0. The average Bonchev–Trinajstić information content (AvgIpc) is 2.90. The largest absolute Gasteiger partial charge is 0.478 e. The van der Waals surface area contributed by atoms with Gasteiger partial charge in [0.1, 0.15) is 5.52 Å². The van der Waals surface area contributed by atoms with Crippen molar-refractivity contribution in [3.8, 4) is 0 Å². The van der Waals surface area contributed by atoms with Crippen LogP contribution in [-0.4, -0.2) is 50.1 Å². The number of rotatable bonds is 1. The quantitative estimate of drug-likeness (QED) is 0.792. The van der Waals surface area contributed by atoms with E-state index in [1.54, 1.807) is 11.0 Å². The number of amides is 1. The van der Waals surface area contributed by atoms with Gasteiger partial charge in [0.25, 0.3) is 0 Å². The van der Waals surface area contributed by atoms with Crippen molar-refractivity contribution < 1.29 is 14.7 Å². The third kappa shape index (κ3) is 2.03. The Hall–Kier alpha value is -2.70. The summed E-state index contributed by atoms with van der Waals surface area (Å²) in [5.74, 6) is -1.03. The standard InChI is InChI=1S/C13H12N4O3/c18-12(19)9-4-5-11-10(8-9)14-15-17(11)13(20)16-6-2-1-3-7-16/h1-2,4-5,8H,3,6-7H2,(H,18,19). The van der Waals surface area contributed by atoms with E-state index in [0.29, 0.717) is 24.1 Å². The lowest BCUT2D eigenvalue weighted by molar-refractivity contribution is 0.0697. The van der Waals surface area contributed by atoms with Gasteiger partial charge in [-0.05, 0) is 24.6 Å². The molecule has 0 bridgehead atoms. The Balaban J connectivity index is 1.98. The van der Waals surface area contributed by atoms with Crippen LogP contribution in [0.15, 0.2) is 30.4 Å². The Bertz CT molecular complexity index is 719. The van der Waals surface area contributed by atoms with Crippen molar-refractivity contribution >= 4 is 23.0 Å². The molecule has 1 aromatic carbocycles. The van der Waals surface area contributed by atoms with Crippen LogP contribution < -0.4 is 0 Å². The van der Waals surface area contributed by atoms with Gasteiger partial charge >= 0.3 is 12.0 Å². The third-order valence-corrected chi connectivity index (χ3v) is 3.20. The number of nitrogens with zero attached hydrogens (tertiary/aromatic N) is 4. The fourth-order valence-corrected chi connectivity index (χ4v) is 2.15. The molecule has 0 radical (unpaired) electrons. The second kappa shape index (κ2) is 4.76. The van der Waals surface area contributed by atoms with E-state index < -0.39 is 5.97 Å². The maximum absolute atomic E-state index is 12.3. The molecule has 7 nitrogen and oxygen atoms in total. The molecule has 1 aromatic heterocycles. The summed E-state index contributed by atoms with van der Waals surface area (Å²) in [4.78, 5) is 24.9. The van der Waals surface area contributed by atoms with Gasteiger partial charge in [-0.3, -0.25) is 0 Å². The normalized spacial score (nSPS) is 14.7. The fourth-order valence-electron chi connectivity index (χ4n) is 2.15.